The van der Waals surface area contributed by atoms with E-state index in [-0.39, 0.29) is 0 Å². The predicted octanol–water partition coefficient (Wildman–Crippen LogP) is 2.34. The second-order valence-electron chi connectivity index (χ2n) is 4.19. The van der Waals surface area contributed by atoms with E-state index in [1.807, 2.05) is 0 Å². The third kappa shape index (κ3) is 2.22. The molecule has 1 aliphatic rings. The highest BCUT2D eigenvalue weighted by molar-refractivity contribution is 5.80. The summed E-state index contributed by atoms with van der Waals surface area (Å²) < 4.78 is 0. The van der Waals surface area contributed by atoms with Gasteiger partial charge in [-0.05, 0) is 12.3 Å². The Morgan fingerprint density at radius 3 is 3.00 bits per heavy atom. The van der Waals surface area contributed by atoms with Gasteiger partial charge in [-0.3, -0.25) is 14.8 Å². The van der Waals surface area contributed by atoms with Gasteiger partial charge in [0.25, 0.3) is 0 Å². The number of hydrogen-bond donors (Lipinski definition) is 0. The van der Waals surface area contributed by atoms with Crippen LogP contribution in [0.3, 0.4) is 0 Å². The Kier molecular flexibility index (Phi) is 3.09. The van der Waals surface area contributed by atoms with Crippen LogP contribution in [0, 0.1) is 5.92 Å². The molecule has 1 saturated carbocycles. The zero-order valence-electron chi connectivity index (χ0n) is 9.02. The maximum atomic E-state index is 11.5. The minimum absolute atomic E-state index is 0.296. The molecule has 3 nitrogen and oxygen atoms in total. The first-order valence-corrected chi connectivity index (χ1v) is 5.59. The molecule has 2 rings (SSSR count). The van der Waals surface area contributed by atoms with Crippen LogP contribution in [0.25, 0.3) is 0 Å². The Balaban J connectivity index is 2.21. The summed E-state index contributed by atoms with van der Waals surface area (Å²) in [5.74, 6) is 1.26. The van der Waals surface area contributed by atoms with Crippen molar-refractivity contribution in [2.24, 2.45) is 5.92 Å². The predicted molar refractivity (Wildman–Crippen MR) is 57.4 cm³/mol. The molecule has 2 atom stereocenters. The van der Waals surface area contributed by atoms with Gasteiger partial charge < -0.3 is 0 Å². The van der Waals surface area contributed by atoms with Crippen molar-refractivity contribution in [1.29, 1.82) is 0 Å². The number of ketones is 1. The fraction of sp³-hybridized carbons (Fsp3) is 0.583. The Labute approximate surface area is 89.9 Å². The van der Waals surface area contributed by atoms with Gasteiger partial charge in [0.2, 0.25) is 0 Å². The Bertz CT molecular complexity index is 337. The summed E-state index contributed by atoms with van der Waals surface area (Å²) in [7, 11) is 0. The molecule has 1 aliphatic carbocycles. The quantitative estimate of drug-likeness (QED) is 0.742. The van der Waals surface area contributed by atoms with Gasteiger partial charge in [-0.1, -0.05) is 13.3 Å². The molecule has 0 aliphatic heterocycles. The molecule has 0 radical (unpaired) electrons. The van der Waals surface area contributed by atoms with Crippen molar-refractivity contribution in [2.75, 3.05) is 0 Å². The van der Waals surface area contributed by atoms with Crippen molar-refractivity contribution < 1.29 is 4.79 Å². The van der Waals surface area contributed by atoms with Crippen molar-refractivity contribution in [3.8, 4) is 0 Å². The molecular formula is C12H16N2O. The summed E-state index contributed by atoms with van der Waals surface area (Å²) in [5.41, 5.74) is 0.984. The smallest absolute Gasteiger partial charge is 0.133 e. The van der Waals surface area contributed by atoms with E-state index in [9.17, 15) is 4.79 Å². The van der Waals surface area contributed by atoms with Gasteiger partial charge in [0, 0.05) is 37.4 Å². The monoisotopic (exact) mass is 204 g/mol. The molecular weight excluding hydrogens is 188 g/mol. The normalized spacial score (nSPS) is 26.6. The van der Waals surface area contributed by atoms with Crippen LogP contribution in [-0.2, 0) is 4.79 Å². The van der Waals surface area contributed by atoms with Crippen molar-refractivity contribution in [2.45, 2.75) is 38.5 Å². The third-order valence-corrected chi connectivity index (χ3v) is 3.30. The zero-order chi connectivity index (χ0) is 10.7. The number of carbonyl (C=O) groups excluding carboxylic acids is 1. The highest BCUT2D eigenvalue weighted by Crippen LogP contribution is 2.36. The Hall–Kier alpha value is -1.25. The van der Waals surface area contributed by atoms with Crippen molar-refractivity contribution >= 4 is 5.78 Å². The van der Waals surface area contributed by atoms with Crippen LogP contribution in [-0.4, -0.2) is 15.8 Å². The first kappa shape index (κ1) is 10.3. The lowest BCUT2D eigenvalue weighted by atomic mass is 9.76. The first-order chi connectivity index (χ1) is 7.31. The standard InChI is InChI=1S/C12H16N2O/c1-2-9-3-4-10(15)7-11(9)12-8-13-5-6-14-12/h5-6,8-9,11H,2-4,7H2,1H3. The number of rotatable bonds is 2. The molecule has 3 heteroatoms. The number of nitrogens with zero attached hydrogens (tertiary/aromatic N) is 2. The Morgan fingerprint density at radius 2 is 2.33 bits per heavy atom. The lowest BCUT2D eigenvalue weighted by Gasteiger charge is -2.29. The molecule has 80 valence electrons. The lowest BCUT2D eigenvalue weighted by molar-refractivity contribution is -0.121. The van der Waals surface area contributed by atoms with E-state index in [0.29, 0.717) is 24.0 Å². The summed E-state index contributed by atoms with van der Waals surface area (Å²) in [4.78, 5) is 19.9. The van der Waals surface area contributed by atoms with Gasteiger partial charge >= 0.3 is 0 Å². The fourth-order valence-electron chi connectivity index (χ4n) is 2.40. The molecule has 0 aromatic carbocycles. The van der Waals surface area contributed by atoms with Crippen LogP contribution in [0.4, 0.5) is 0 Å². The fourth-order valence-corrected chi connectivity index (χ4v) is 2.40. The summed E-state index contributed by atoms with van der Waals surface area (Å²) in [6.45, 7) is 2.18. The van der Waals surface area contributed by atoms with Gasteiger partial charge in [0.05, 0.1) is 5.69 Å². The van der Waals surface area contributed by atoms with E-state index < -0.39 is 0 Å². The average Bonchev–Trinajstić information content (AvgIpc) is 2.30. The molecule has 1 aromatic rings. The lowest BCUT2D eigenvalue weighted by Crippen LogP contribution is -2.23. The minimum atomic E-state index is 0.296. The number of aromatic nitrogens is 2. The van der Waals surface area contributed by atoms with Gasteiger partial charge in [-0.2, -0.15) is 0 Å². The minimum Gasteiger partial charge on any atom is -0.300 e. The van der Waals surface area contributed by atoms with Gasteiger partial charge in [-0.15, -0.1) is 0 Å². The molecule has 1 aromatic heterocycles. The van der Waals surface area contributed by atoms with Gasteiger partial charge in [0.15, 0.2) is 0 Å². The summed E-state index contributed by atoms with van der Waals surface area (Å²) in [6, 6.07) is 0. The molecule has 1 fully saturated rings. The van der Waals surface area contributed by atoms with E-state index in [1.165, 1.54) is 0 Å². The highest BCUT2D eigenvalue weighted by Gasteiger charge is 2.30. The first-order valence-electron chi connectivity index (χ1n) is 5.59. The summed E-state index contributed by atoms with van der Waals surface area (Å²) in [6.07, 6.45) is 8.71. The molecule has 0 amide bonds. The maximum Gasteiger partial charge on any atom is 0.133 e. The highest BCUT2D eigenvalue weighted by atomic mass is 16.1. The van der Waals surface area contributed by atoms with Crippen molar-refractivity contribution in [1.82, 2.24) is 9.97 Å². The SMILES string of the molecule is CCC1CCC(=O)CC1c1cnccn1. The topological polar surface area (TPSA) is 42.9 Å². The van der Waals surface area contributed by atoms with E-state index in [4.69, 9.17) is 0 Å². The zero-order valence-corrected chi connectivity index (χ0v) is 9.02. The molecule has 0 N–H and O–H groups in total. The average molecular weight is 204 g/mol. The van der Waals surface area contributed by atoms with E-state index in [2.05, 4.69) is 16.9 Å². The van der Waals surface area contributed by atoms with Crippen molar-refractivity contribution in [3.63, 3.8) is 0 Å². The number of Topliss-reactive ketones (excluding diaryl/α,β-unsaturated/α-hetero) is 1. The van der Waals surface area contributed by atoms with Gasteiger partial charge in [-0.25, -0.2) is 0 Å². The molecule has 0 bridgehead atoms. The van der Waals surface area contributed by atoms with Crippen LogP contribution in [0.2, 0.25) is 0 Å². The number of hydrogen-bond acceptors (Lipinski definition) is 3. The molecule has 15 heavy (non-hydrogen) atoms. The second kappa shape index (κ2) is 4.51. The molecule has 0 saturated heterocycles. The van der Waals surface area contributed by atoms with Crippen LogP contribution in [0.5, 0.6) is 0 Å². The molecule has 0 spiro atoms. The van der Waals surface area contributed by atoms with Crippen molar-refractivity contribution in [3.05, 3.63) is 24.3 Å². The van der Waals surface area contributed by atoms with E-state index >= 15 is 0 Å². The molecule has 1 heterocycles. The van der Waals surface area contributed by atoms with Crippen LogP contribution in [0.15, 0.2) is 18.6 Å². The van der Waals surface area contributed by atoms with Crippen LogP contribution >= 0.6 is 0 Å². The van der Waals surface area contributed by atoms with Crippen LogP contribution in [0.1, 0.15) is 44.2 Å². The van der Waals surface area contributed by atoms with Gasteiger partial charge in [0.1, 0.15) is 5.78 Å². The van der Waals surface area contributed by atoms with Crippen LogP contribution < -0.4 is 0 Å². The second-order valence-corrected chi connectivity index (χ2v) is 4.19. The summed E-state index contributed by atoms with van der Waals surface area (Å²) >= 11 is 0. The Morgan fingerprint density at radius 1 is 1.47 bits per heavy atom. The molecule has 2 unspecified atom stereocenters. The number of carbonyl (C=O) groups is 1. The van der Waals surface area contributed by atoms with E-state index in [0.717, 1.165) is 25.0 Å². The largest absolute Gasteiger partial charge is 0.300 e. The summed E-state index contributed by atoms with van der Waals surface area (Å²) in [5, 5.41) is 0. The maximum absolute atomic E-state index is 11.5. The van der Waals surface area contributed by atoms with E-state index in [1.54, 1.807) is 18.6 Å². The third-order valence-electron chi connectivity index (χ3n) is 3.30.